The second-order valence-electron chi connectivity index (χ2n) is 7.50. The van der Waals surface area contributed by atoms with Gasteiger partial charge in [0.25, 0.3) is 0 Å². The molecule has 1 amide bonds. The molecule has 5 nitrogen and oxygen atoms in total. The summed E-state index contributed by atoms with van der Waals surface area (Å²) >= 11 is 0. The van der Waals surface area contributed by atoms with Gasteiger partial charge in [0.15, 0.2) is 5.96 Å². The van der Waals surface area contributed by atoms with E-state index in [-0.39, 0.29) is 16.7 Å². The van der Waals surface area contributed by atoms with Crippen molar-refractivity contribution in [1.82, 2.24) is 16.0 Å². The summed E-state index contributed by atoms with van der Waals surface area (Å²) < 4.78 is 0. The fourth-order valence-electron chi connectivity index (χ4n) is 2.61. The molecule has 0 unspecified atom stereocenters. The van der Waals surface area contributed by atoms with E-state index in [1.807, 2.05) is 20.8 Å². The van der Waals surface area contributed by atoms with Crippen LogP contribution in [0.5, 0.6) is 0 Å². The molecule has 5 heteroatoms. The number of amides is 1. The molecule has 1 fully saturated rings. The molecule has 0 bridgehead atoms. The van der Waals surface area contributed by atoms with Gasteiger partial charge in [-0.2, -0.15) is 0 Å². The third-order valence-electron chi connectivity index (χ3n) is 4.44. The molecule has 1 aromatic carbocycles. The van der Waals surface area contributed by atoms with E-state index in [9.17, 15) is 4.79 Å². The molecule has 0 radical (unpaired) electrons. The number of carbonyl (C=O) groups is 1. The van der Waals surface area contributed by atoms with E-state index in [0.29, 0.717) is 13.1 Å². The maximum Gasteiger partial charge on any atom is 0.225 e. The predicted molar refractivity (Wildman–Crippen MR) is 99.2 cm³/mol. The van der Waals surface area contributed by atoms with Crippen LogP contribution in [0.1, 0.15) is 39.2 Å². The summed E-state index contributed by atoms with van der Waals surface area (Å²) in [5.74, 6) is 0.843. The maximum absolute atomic E-state index is 11.8. The van der Waals surface area contributed by atoms with Crippen LogP contribution in [-0.4, -0.2) is 38.5 Å². The molecular weight excluding hydrogens is 300 g/mol. The zero-order valence-corrected chi connectivity index (χ0v) is 15.3. The lowest BCUT2D eigenvalue weighted by Gasteiger charge is -2.20. The molecule has 1 aliphatic carbocycles. The number of carbonyl (C=O) groups excluding carboxylic acids is 1. The largest absolute Gasteiger partial charge is 0.356 e. The number of rotatable bonds is 6. The summed E-state index contributed by atoms with van der Waals surface area (Å²) in [5, 5.41) is 9.60. The van der Waals surface area contributed by atoms with Gasteiger partial charge in [0.2, 0.25) is 5.91 Å². The Morgan fingerprint density at radius 1 is 1.08 bits per heavy atom. The van der Waals surface area contributed by atoms with Crippen LogP contribution in [0.4, 0.5) is 0 Å². The van der Waals surface area contributed by atoms with Crippen molar-refractivity contribution < 1.29 is 4.79 Å². The first kappa shape index (κ1) is 18.3. The molecule has 1 aromatic rings. The van der Waals surface area contributed by atoms with Crippen molar-refractivity contribution in [2.24, 2.45) is 10.4 Å². The highest BCUT2D eigenvalue weighted by Gasteiger charge is 2.43. The van der Waals surface area contributed by atoms with Crippen molar-refractivity contribution in [3.8, 4) is 0 Å². The number of aliphatic imine (C=N–C) groups is 1. The Labute approximate surface area is 145 Å². The summed E-state index contributed by atoms with van der Waals surface area (Å²) in [6, 6.07) is 10.7. The van der Waals surface area contributed by atoms with Gasteiger partial charge in [-0.05, 0) is 18.4 Å². The first-order valence-corrected chi connectivity index (χ1v) is 8.66. The van der Waals surface area contributed by atoms with E-state index >= 15 is 0 Å². The lowest BCUT2D eigenvalue weighted by atomic mass is 9.96. The second kappa shape index (κ2) is 7.69. The monoisotopic (exact) mass is 330 g/mol. The Morgan fingerprint density at radius 3 is 2.25 bits per heavy atom. The van der Waals surface area contributed by atoms with Crippen LogP contribution in [0, 0.1) is 5.41 Å². The molecule has 132 valence electrons. The van der Waals surface area contributed by atoms with Gasteiger partial charge in [0, 0.05) is 37.5 Å². The van der Waals surface area contributed by atoms with Gasteiger partial charge in [-0.1, -0.05) is 51.1 Å². The van der Waals surface area contributed by atoms with Gasteiger partial charge in [-0.25, -0.2) is 0 Å². The zero-order chi connectivity index (χ0) is 17.6. The number of guanidine groups is 1. The van der Waals surface area contributed by atoms with E-state index in [2.05, 4.69) is 51.3 Å². The van der Waals surface area contributed by atoms with Crippen molar-refractivity contribution in [3.05, 3.63) is 35.9 Å². The minimum absolute atomic E-state index is 0.0632. The van der Waals surface area contributed by atoms with Crippen molar-refractivity contribution in [3.63, 3.8) is 0 Å². The molecular formula is C19H30N4O. The minimum atomic E-state index is -0.353. The van der Waals surface area contributed by atoms with Gasteiger partial charge in [0.05, 0.1) is 0 Å². The van der Waals surface area contributed by atoms with Crippen LogP contribution in [0.3, 0.4) is 0 Å². The molecule has 1 aliphatic rings. The standard InChI is InChI=1S/C19H30N4O/c1-18(2,3)16(24)21-12-13-22-17(20-4)23-14-19(10-11-19)15-8-6-5-7-9-15/h5-9H,10-14H2,1-4H3,(H,21,24)(H2,20,22,23). The number of hydrogen-bond donors (Lipinski definition) is 3. The Balaban J connectivity index is 1.73. The highest BCUT2D eigenvalue weighted by molar-refractivity contribution is 5.82. The average Bonchev–Trinajstić information content (AvgIpc) is 3.35. The lowest BCUT2D eigenvalue weighted by molar-refractivity contribution is -0.128. The van der Waals surface area contributed by atoms with Gasteiger partial charge in [0.1, 0.15) is 0 Å². The Hall–Kier alpha value is -2.04. The normalized spacial score (nSPS) is 16.4. The van der Waals surface area contributed by atoms with E-state index in [1.165, 1.54) is 18.4 Å². The topological polar surface area (TPSA) is 65.5 Å². The van der Waals surface area contributed by atoms with E-state index in [1.54, 1.807) is 7.05 Å². The molecule has 2 rings (SSSR count). The quantitative estimate of drug-likeness (QED) is 0.425. The zero-order valence-electron chi connectivity index (χ0n) is 15.3. The number of nitrogens with zero attached hydrogens (tertiary/aromatic N) is 1. The van der Waals surface area contributed by atoms with Crippen LogP contribution >= 0.6 is 0 Å². The Morgan fingerprint density at radius 2 is 1.71 bits per heavy atom. The Kier molecular flexibility index (Phi) is 5.86. The van der Waals surface area contributed by atoms with E-state index in [0.717, 1.165) is 12.5 Å². The van der Waals surface area contributed by atoms with Gasteiger partial charge in [-0.15, -0.1) is 0 Å². The molecule has 0 spiro atoms. The highest BCUT2D eigenvalue weighted by atomic mass is 16.2. The van der Waals surface area contributed by atoms with Gasteiger partial charge in [-0.3, -0.25) is 9.79 Å². The number of hydrogen-bond acceptors (Lipinski definition) is 2. The molecule has 0 saturated heterocycles. The minimum Gasteiger partial charge on any atom is -0.356 e. The van der Waals surface area contributed by atoms with Gasteiger partial charge >= 0.3 is 0 Å². The fourth-order valence-corrected chi connectivity index (χ4v) is 2.61. The molecule has 0 aliphatic heterocycles. The fraction of sp³-hybridized carbons (Fsp3) is 0.579. The van der Waals surface area contributed by atoms with Gasteiger partial charge < -0.3 is 16.0 Å². The maximum atomic E-state index is 11.8. The van der Waals surface area contributed by atoms with Crippen LogP contribution in [0.15, 0.2) is 35.3 Å². The first-order chi connectivity index (χ1) is 11.4. The van der Waals surface area contributed by atoms with Crippen molar-refractivity contribution in [2.75, 3.05) is 26.7 Å². The SMILES string of the molecule is CN=C(NCCNC(=O)C(C)(C)C)NCC1(c2ccccc2)CC1. The lowest BCUT2D eigenvalue weighted by Crippen LogP contribution is -2.45. The smallest absolute Gasteiger partial charge is 0.225 e. The summed E-state index contributed by atoms with van der Waals surface area (Å²) in [5.41, 5.74) is 1.29. The van der Waals surface area contributed by atoms with Crippen LogP contribution in [0.25, 0.3) is 0 Å². The summed E-state index contributed by atoms with van der Waals surface area (Å²) in [7, 11) is 1.77. The average molecular weight is 330 g/mol. The second-order valence-corrected chi connectivity index (χ2v) is 7.50. The van der Waals surface area contributed by atoms with Crippen molar-refractivity contribution in [2.45, 2.75) is 39.0 Å². The molecule has 0 heterocycles. The van der Waals surface area contributed by atoms with E-state index < -0.39 is 0 Å². The highest BCUT2D eigenvalue weighted by Crippen LogP contribution is 2.47. The summed E-state index contributed by atoms with van der Waals surface area (Å²) in [4.78, 5) is 16.1. The number of nitrogens with one attached hydrogen (secondary N) is 3. The molecule has 0 aromatic heterocycles. The van der Waals surface area contributed by atoms with Crippen LogP contribution in [-0.2, 0) is 10.2 Å². The first-order valence-electron chi connectivity index (χ1n) is 8.66. The summed E-state index contributed by atoms with van der Waals surface area (Å²) in [6.45, 7) is 7.85. The molecule has 3 N–H and O–H groups in total. The van der Waals surface area contributed by atoms with Crippen molar-refractivity contribution >= 4 is 11.9 Å². The van der Waals surface area contributed by atoms with E-state index in [4.69, 9.17) is 0 Å². The third kappa shape index (κ3) is 4.98. The predicted octanol–water partition coefficient (Wildman–Crippen LogP) is 2.05. The Bertz CT molecular complexity index is 571. The number of benzene rings is 1. The molecule has 0 atom stereocenters. The van der Waals surface area contributed by atoms with Crippen molar-refractivity contribution in [1.29, 1.82) is 0 Å². The van der Waals surface area contributed by atoms with Crippen LogP contribution < -0.4 is 16.0 Å². The summed E-state index contributed by atoms with van der Waals surface area (Å²) in [6.07, 6.45) is 2.42. The third-order valence-corrected chi connectivity index (χ3v) is 4.44. The van der Waals surface area contributed by atoms with Crippen LogP contribution in [0.2, 0.25) is 0 Å². The molecule has 24 heavy (non-hydrogen) atoms. The molecule has 1 saturated carbocycles.